The minimum absolute atomic E-state index is 0.150. The molecule has 2 atom stereocenters. The summed E-state index contributed by atoms with van der Waals surface area (Å²) in [5.41, 5.74) is 7.45. The number of carbonyl (C=O) groups excluding carboxylic acids is 4. The van der Waals surface area contributed by atoms with Crippen molar-refractivity contribution in [3.05, 3.63) is 122 Å². The van der Waals surface area contributed by atoms with Gasteiger partial charge in [0.05, 0.1) is 22.2 Å². The summed E-state index contributed by atoms with van der Waals surface area (Å²) in [6, 6.07) is 16.4. The van der Waals surface area contributed by atoms with Crippen LogP contribution in [0.5, 0.6) is 0 Å². The van der Waals surface area contributed by atoms with Crippen molar-refractivity contribution in [2.75, 3.05) is 43.4 Å². The molecule has 3 aromatic carbocycles. The molecule has 18 nitrogen and oxygen atoms in total. The molecule has 70 heavy (non-hydrogen) atoms. The van der Waals surface area contributed by atoms with Gasteiger partial charge in [-0.3, -0.25) is 38.3 Å². The predicted molar refractivity (Wildman–Crippen MR) is 266 cm³/mol. The van der Waals surface area contributed by atoms with Crippen LogP contribution in [0.2, 0.25) is 0 Å². The largest absolute Gasteiger partial charge is 0.370 e. The van der Waals surface area contributed by atoms with Crippen LogP contribution in [0.4, 0.5) is 11.4 Å². The SMILES string of the molecule is CNC(=O)c1cccc(NC(=O)c2nn(C)c3ccc(C4CC=C(n5cnn(C)c5=O)C=C4C#CC4CCN(C5CCN(c6cccc7c6n(C)c(=O)n7C6CCC(=O)NC6=O)CC5)CC4)c(C)c23)c1. The van der Waals surface area contributed by atoms with E-state index in [1.165, 1.54) is 11.0 Å². The number of rotatable bonds is 8. The van der Waals surface area contributed by atoms with E-state index in [2.05, 4.69) is 59.9 Å². The highest BCUT2D eigenvalue weighted by Crippen LogP contribution is 2.39. The zero-order valence-corrected chi connectivity index (χ0v) is 40.0. The van der Waals surface area contributed by atoms with Crippen LogP contribution in [0.25, 0.3) is 27.6 Å². The molecule has 0 bridgehead atoms. The predicted octanol–water partition coefficient (Wildman–Crippen LogP) is 4.36. The Morgan fingerprint density at radius 2 is 1.61 bits per heavy atom. The lowest BCUT2D eigenvalue weighted by Crippen LogP contribution is -2.47. The Balaban J connectivity index is 0.851. The first-order valence-corrected chi connectivity index (χ1v) is 24.0. The van der Waals surface area contributed by atoms with Gasteiger partial charge in [-0.2, -0.15) is 10.2 Å². The maximum absolute atomic E-state index is 13.9. The van der Waals surface area contributed by atoms with E-state index in [1.54, 1.807) is 63.8 Å². The minimum Gasteiger partial charge on any atom is -0.370 e. The van der Waals surface area contributed by atoms with Crippen molar-refractivity contribution in [3.63, 3.8) is 0 Å². The number of hydrogen-bond donors (Lipinski definition) is 3. The lowest BCUT2D eigenvalue weighted by Gasteiger charge is -2.42. The number of benzene rings is 3. The highest BCUT2D eigenvalue weighted by Gasteiger charge is 2.34. The standard InChI is InChI=1S/C52H56N12O6/c1-31-38(16-17-40-45(31)46(57-59(40)4)50(68)55-35-9-6-8-34(28-35)48(66)53-2)39-15-14-37(63-30-54-60(5)52(63)70)29-33(39)13-12-32-20-24-61(25-21-32)36-22-26-62(27-23-36)41-10-7-11-42-47(41)58(3)51(69)64(42)43-18-19-44(65)56-49(43)67/h6-11,14,16-17,28-30,32,36,39,43H,15,18-27H2,1-5H3,(H,53,66)(H,55,68)(H,56,65,67). The Bertz CT molecular complexity index is 3370. The molecule has 0 radical (unpaired) electrons. The quantitative estimate of drug-likeness (QED) is 0.146. The van der Waals surface area contributed by atoms with Gasteiger partial charge in [-0.05, 0) is 112 Å². The van der Waals surface area contributed by atoms with Gasteiger partial charge >= 0.3 is 11.4 Å². The number of amides is 4. The summed E-state index contributed by atoms with van der Waals surface area (Å²) in [4.78, 5) is 82.6. The molecule has 3 aromatic heterocycles. The minimum atomic E-state index is -0.730. The molecule has 3 saturated heterocycles. The van der Waals surface area contributed by atoms with E-state index in [-0.39, 0.29) is 53.1 Å². The number of imide groups is 1. The average molecular weight is 945 g/mol. The Kier molecular flexibility index (Phi) is 12.2. The number of aromatic nitrogens is 7. The van der Waals surface area contributed by atoms with E-state index >= 15 is 0 Å². The number of piperidine rings is 3. The van der Waals surface area contributed by atoms with Gasteiger partial charge in [0.2, 0.25) is 11.8 Å². The summed E-state index contributed by atoms with van der Waals surface area (Å²) in [6.07, 6.45) is 10.4. The summed E-state index contributed by atoms with van der Waals surface area (Å²) >= 11 is 0. The van der Waals surface area contributed by atoms with Gasteiger partial charge in [0.15, 0.2) is 5.69 Å². The first-order chi connectivity index (χ1) is 33.8. The molecule has 1 aliphatic carbocycles. The number of nitrogens with one attached hydrogen (secondary N) is 3. The molecule has 18 heteroatoms. The third kappa shape index (κ3) is 8.33. The van der Waals surface area contributed by atoms with Gasteiger partial charge in [-0.25, -0.2) is 18.8 Å². The number of likely N-dealkylation sites (tertiary alicyclic amines) is 1. The van der Waals surface area contributed by atoms with Crippen molar-refractivity contribution in [1.82, 2.24) is 48.8 Å². The van der Waals surface area contributed by atoms with Crippen molar-refractivity contribution in [1.29, 1.82) is 0 Å². The zero-order valence-electron chi connectivity index (χ0n) is 40.0. The Morgan fingerprint density at radius 3 is 2.34 bits per heavy atom. The monoisotopic (exact) mass is 944 g/mol. The van der Waals surface area contributed by atoms with E-state index in [0.717, 1.165) is 90.7 Å². The summed E-state index contributed by atoms with van der Waals surface area (Å²) in [5.74, 6) is 5.90. The normalized spacial score (nSPS) is 19.4. The van der Waals surface area contributed by atoms with E-state index in [1.807, 2.05) is 44.3 Å². The molecule has 10 rings (SSSR count). The number of nitrogens with zero attached hydrogens (tertiary/aromatic N) is 9. The third-order valence-electron chi connectivity index (χ3n) is 14.7. The van der Waals surface area contributed by atoms with Crippen molar-refractivity contribution in [2.45, 2.75) is 69.9 Å². The second-order valence-electron chi connectivity index (χ2n) is 18.8. The lowest BCUT2D eigenvalue weighted by molar-refractivity contribution is -0.135. The van der Waals surface area contributed by atoms with E-state index in [4.69, 9.17) is 0 Å². The Hall–Kier alpha value is -7.78. The molecule has 3 fully saturated rings. The van der Waals surface area contributed by atoms with Crippen LogP contribution in [0.1, 0.15) is 88.9 Å². The fourth-order valence-corrected chi connectivity index (χ4v) is 10.9. The fourth-order valence-electron chi connectivity index (χ4n) is 10.9. The number of imidazole rings is 1. The number of carbonyl (C=O) groups is 4. The van der Waals surface area contributed by atoms with Gasteiger partial charge in [-0.15, -0.1) is 0 Å². The molecule has 6 heterocycles. The average Bonchev–Trinajstić information content (AvgIpc) is 3.99. The second kappa shape index (κ2) is 18.6. The molecular weight excluding hydrogens is 889 g/mol. The molecular formula is C52H56N12O6. The molecule has 360 valence electrons. The van der Waals surface area contributed by atoms with Gasteiger partial charge < -0.3 is 20.4 Å². The summed E-state index contributed by atoms with van der Waals surface area (Å²) in [5, 5.41) is 17.6. The molecule has 3 N–H and O–H groups in total. The first-order valence-electron chi connectivity index (χ1n) is 24.0. The summed E-state index contributed by atoms with van der Waals surface area (Å²) in [7, 11) is 6.75. The van der Waals surface area contributed by atoms with E-state index in [0.29, 0.717) is 41.3 Å². The van der Waals surface area contributed by atoms with Crippen molar-refractivity contribution in [3.8, 4) is 11.8 Å². The van der Waals surface area contributed by atoms with Crippen LogP contribution in [-0.4, -0.2) is 101 Å². The van der Waals surface area contributed by atoms with Gasteiger partial charge in [0.25, 0.3) is 11.8 Å². The first kappa shape index (κ1) is 46.0. The maximum Gasteiger partial charge on any atom is 0.350 e. The number of fused-ring (bicyclic) bond motifs is 2. The molecule has 4 amide bonds. The van der Waals surface area contributed by atoms with Crippen LogP contribution < -0.4 is 32.2 Å². The van der Waals surface area contributed by atoms with Crippen LogP contribution in [0, 0.1) is 24.7 Å². The highest BCUT2D eigenvalue weighted by atomic mass is 16.2. The van der Waals surface area contributed by atoms with Crippen LogP contribution in [-0.2, 0) is 30.7 Å². The van der Waals surface area contributed by atoms with Gasteiger partial charge in [0.1, 0.15) is 12.4 Å². The highest BCUT2D eigenvalue weighted by molar-refractivity contribution is 6.12. The summed E-state index contributed by atoms with van der Waals surface area (Å²) in [6.45, 7) is 5.53. The summed E-state index contributed by atoms with van der Waals surface area (Å²) < 4.78 is 7.73. The van der Waals surface area contributed by atoms with Crippen molar-refractivity contribution < 1.29 is 19.2 Å². The van der Waals surface area contributed by atoms with Gasteiger partial charge in [-0.1, -0.05) is 36.1 Å². The molecule has 4 aliphatic rings. The lowest BCUT2D eigenvalue weighted by atomic mass is 9.81. The Labute approximate surface area is 403 Å². The topological polar surface area (TPSA) is 195 Å². The van der Waals surface area contributed by atoms with Crippen molar-refractivity contribution in [2.24, 2.45) is 27.1 Å². The van der Waals surface area contributed by atoms with Crippen LogP contribution >= 0.6 is 0 Å². The molecule has 2 unspecified atom stereocenters. The zero-order chi connectivity index (χ0) is 49.0. The third-order valence-corrected chi connectivity index (χ3v) is 14.7. The second-order valence-corrected chi connectivity index (χ2v) is 18.8. The smallest absolute Gasteiger partial charge is 0.350 e. The molecule has 0 spiro atoms. The number of anilines is 2. The van der Waals surface area contributed by atoms with Crippen molar-refractivity contribution >= 4 is 62.6 Å². The number of para-hydroxylation sites is 1. The number of aryl methyl sites for hydroxylation is 4. The molecule has 6 aromatic rings. The molecule has 3 aliphatic heterocycles. The fraction of sp³-hybridized carbons (Fsp3) is 0.385. The molecule has 0 saturated carbocycles. The maximum atomic E-state index is 13.9. The number of hydrogen-bond acceptors (Lipinski definition) is 10. The number of allylic oxidation sites excluding steroid dienone is 4. The van der Waals surface area contributed by atoms with E-state index < -0.39 is 11.9 Å². The van der Waals surface area contributed by atoms with E-state index in [9.17, 15) is 28.8 Å². The van der Waals surface area contributed by atoms with Gasteiger partial charge in [0, 0.05) is 93.5 Å². The van der Waals surface area contributed by atoms with Crippen LogP contribution in [0.3, 0.4) is 0 Å². The van der Waals surface area contributed by atoms with Crippen LogP contribution in [0.15, 0.2) is 88.2 Å². The Morgan fingerprint density at radius 1 is 0.843 bits per heavy atom.